The summed E-state index contributed by atoms with van der Waals surface area (Å²) in [5.74, 6) is -1.99. The zero-order valence-electron chi connectivity index (χ0n) is 21.2. The maximum Gasteiger partial charge on any atom is 0.420 e. The molecule has 0 saturated heterocycles. The van der Waals surface area contributed by atoms with Gasteiger partial charge in [0.05, 0.1) is 21.6 Å². The molecule has 0 amide bonds. The SMILES string of the molecule is CN1Sc2cc(OCC(C)(C)C(=O)O)c(C(F)(F)F)cc2N(c2ccc(F)cc2)CC12CCCCCC2. The molecule has 2 aromatic rings. The molecule has 0 aromatic heterocycles. The molecule has 1 spiro atoms. The third kappa shape index (κ3) is 5.85. The van der Waals surface area contributed by atoms with E-state index in [0.717, 1.165) is 44.6 Å². The van der Waals surface area contributed by atoms with Crippen molar-refractivity contribution in [2.45, 2.75) is 69.0 Å². The molecule has 10 heteroatoms. The summed E-state index contributed by atoms with van der Waals surface area (Å²) < 4.78 is 64.3. The summed E-state index contributed by atoms with van der Waals surface area (Å²) in [6.45, 7) is 2.84. The maximum absolute atomic E-state index is 14.3. The number of aliphatic carboxylic acids is 1. The number of rotatable bonds is 5. The Morgan fingerprint density at radius 2 is 1.70 bits per heavy atom. The van der Waals surface area contributed by atoms with Gasteiger partial charge in [0.2, 0.25) is 0 Å². The van der Waals surface area contributed by atoms with Crippen molar-refractivity contribution in [1.82, 2.24) is 4.31 Å². The van der Waals surface area contributed by atoms with E-state index in [-0.39, 0.29) is 5.54 Å². The van der Waals surface area contributed by atoms with Gasteiger partial charge in [0.1, 0.15) is 18.2 Å². The van der Waals surface area contributed by atoms with Crippen LogP contribution in [-0.4, -0.2) is 41.1 Å². The zero-order chi connectivity index (χ0) is 27.0. The van der Waals surface area contributed by atoms with Gasteiger partial charge in [-0.1, -0.05) is 25.7 Å². The van der Waals surface area contributed by atoms with Crippen LogP contribution in [0.4, 0.5) is 28.9 Å². The summed E-state index contributed by atoms with van der Waals surface area (Å²) in [4.78, 5) is 13.9. The fraction of sp³-hybridized carbons (Fsp3) is 0.519. The Kier molecular flexibility index (Phi) is 7.72. The number of carbonyl (C=O) groups is 1. The number of alkyl halides is 3. The number of hydrogen-bond donors (Lipinski definition) is 1. The molecular formula is C27H32F4N2O3S. The van der Waals surface area contributed by atoms with Gasteiger partial charge in [0.15, 0.2) is 0 Å². The third-order valence-corrected chi connectivity index (χ3v) is 8.54. The van der Waals surface area contributed by atoms with Crippen molar-refractivity contribution in [3.63, 3.8) is 0 Å². The minimum absolute atomic E-state index is 0.292. The zero-order valence-corrected chi connectivity index (χ0v) is 22.0. The van der Waals surface area contributed by atoms with Crippen LogP contribution in [0.5, 0.6) is 5.75 Å². The van der Waals surface area contributed by atoms with E-state index in [1.54, 1.807) is 12.1 Å². The Hall–Kier alpha value is -2.46. The first-order valence-electron chi connectivity index (χ1n) is 12.4. The summed E-state index contributed by atoms with van der Waals surface area (Å²) in [5, 5.41) is 9.41. The summed E-state index contributed by atoms with van der Waals surface area (Å²) in [6, 6.07) is 8.25. The minimum atomic E-state index is -4.73. The molecule has 4 rings (SSSR count). The van der Waals surface area contributed by atoms with Gasteiger partial charge in [-0.05, 0) is 82.1 Å². The average Bonchev–Trinajstić information content (AvgIpc) is 3.13. The average molecular weight is 541 g/mol. The minimum Gasteiger partial charge on any atom is -0.492 e. The number of carboxylic acid groups (broad SMARTS) is 1. The lowest BCUT2D eigenvalue weighted by molar-refractivity contribution is -0.148. The molecule has 202 valence electrons. The van der Waals surface area contributed by atoms with Gasteiger partial charge in [-0.15, -0.1) is 0 Å². The molecule has 1 aliphatic heterocycles. The van der Waals surface area contributed by atoms with E-state index in [9.17, 15) is 27.5 Å². The van der Waals surface area contributed by atoms with Gasteiger partial charge in [-0.3, -0.25) is 4.79 Å². The first-order valence-corrected chi connectivity index (χ1v) is 13.2. The van der Waals surface area contributed by atoms with Crippen LogP contribution in [0.2, 0.25) is 0 Å². The van der Waals surface area contributed by atoms with E-state index in [0.29, 0.717) is 22.8 Å². The highest BCUT2D eigenvalue weighted by Gasteiger charge is 2.43. The monoisotopic (exact) mass is 540 g/mol. The molecule has 2 aliphatic rings. The number of fused-ring (bicyclic) bond motifs is 1. The molecule has 0 unspecified atom stereocenters. The van der Waals surface area contributed by atoms with Gasteiger partial charge in [0.25, 0.3) is 0 Å². The van der Waals surface area contributed by atoms with Crippen LogP contribution in [0, 0.1) is 11.2 Å². The highest BCUT2D eigenvalue weighted by Crippen LogP contribution is 2.51. The van der Waals surface area contributed by atoms with Gasteiger partial charge < -0.3 is 14.7 Å². The van der Waals surface area contributed by atoms with Crippen LogP contribution in [0.1, 0.15) is 57.9 Å². The Bertz CT molecular complexity index is 1130. The third-order valence-electron chi connectivity index (χ3n) is 7.35. The number of nitrogens with zero attached hydrogens (tertiary/aromatic N) is 2. The Morgan fingerprint density at radius 1 is 1.08 bits per heavy atom. The number of hydrogen-bond acceptors (Lipinski definition) is 5. The summed E-state index contributed by atoms with van der Waals surface area (Å²) in [6.07, 6.45) is 1.32. The quantitative estimate of drug-likeness (QED) is 0.313. The van der Waals surface area contributed by atoms with Crippen LogP contribution in [0.15, 0.2) is 41.3 Å². The molecule has 0 radical (unpaired) electrons. The summed E-state index contributed by atoms with van der Waals surface area (Å²) in [7, 11) is 1.97. The molecule has 0 bridgehead atoms. The summed E-state index contributed by atoms with van der Waals surface area (Å²) >= 11 is 1.38. The number of likely N-dealkylation sites (N-methyl/N-ethyl adjacent to an activating group) is 1. The van der Waals surface area contributed by atoms with E-state index in [1.807, 2.05) is 11.9 Å². The number of halogens is 4. The molecule has 5 nitrogen and oxygen atoms in total. The molecule has 2 aromatic carbocycles. The van der Waals surface area contributed by atoms with Crippen molar-refractivity contribution >= 4 is 29.3 Å². The van der Waals surface area contributed by atoms with E-state index in [1.165, 1.54) is 44.0 Å². The van der Waals surface area contributed by atoms with Crippen LogP contribution < -0.4 is 9.64 Å². The second-order valence-corrected chi connectivity index (χ2v) is 11.8. The van der Waals surface area contributed by atoms with Crippen molar-refractivity contribution in [3.05, 3.63) is 47.8 Å². The van der Waals surface area contributed by atoms with Crippen LogP contribution >= 0.6 is 11.9 Å². The molecule has 37 heavy (non-hydrogen) atoms. The normalized spacial score (nSPS) is 18.7. The number of benzene rings is 2. The van der Waals surface area contributed by atoms with Crippen LogP contribution in [-0.2, 0) is 11.0 Å². The smallest absolute Gasteiger partial charge is 0.420 e. The van der Waals surface area contributed by atoms with Gasteiger partial charge in [-0.25, -0.2) is 8.70 Å². The maximum atomic E-state index is 14.3. The Morgan fingerprint density at radius 3 is 2.27 bits per heavy atom. The topological polar surface area (TPSA) is 53.0 Å². The fourth-order valence-corrected chi connectivity index (χ4v) is 6.08. The fourth-order valence-electron chi connectivity index (χ4n) is 4.93. The van der Waals surface area contributed by atoms with Gasteiger partial charge in [0, 0.05) is 17.8 Å². The summed E-state index contributed by atoms with van der Waals surface area (Å²) in [5.41, 5.74) is -1.67. The van der Waals surface area contributed by atoms with Gasteiger partial charge >= 0.3 is 12.1 Å². The molecule has 1 N–H and O–H groups in total. The highest BCUT2D eigenvalue weighted by molar-refractivity contribution is 7.97. The largest absolute Gasteiger partial charge is 0.492 e. The molecule has 1 heterocycles. The van der Waals surface area contributed by atoms with Crippen molar-refractivity contribution in [3.8, 4) is 5.75 Å². The Labute approximate surface area is 218 Å². The number of carboxylic acids is 1. The number of anilines is 2. The molecule has 0 atom stereocenters. The standard InChI is InChI=1S/C27H32F4N2O3S/c1-25(2,24(34)35)17-36-22-15-23-21(14-20(22)27(29,30)31)33(19-10-8-18(28)9-11-19)16-26(32(3)37-23)12-6-4-5-7-13-26/h8-11,14-15H,4-7,12-13,16-17H2,1-3H3,(H,34,35). The second-order valence-electron chi connectivity index (χ2n) is 10.6. The predicted octanol–water partition coefficient (Wildman–Crippen LogP) is 7.52. The van der Waals surface area contributed by atoms with Crippen LogP contribution in [0.3, 0.4) is 0 Å². The molecule has 1 saturated carbocycles. The van der Waals surface area contributed by atoms with Crippen molar-refractivity contribution in [2.24, 2.45) is 5.41 Å². The molecule has 1 aliphatic carbocycles. The van der Waals surface area contributed by atoms with E-state index in [2.05, 4.69) is 4.31 Å². The van der Waals surface area contributed by atoms with Crippen molar-refractivity contribution < 1.29 is 32.2 Å². The highest BCUT2D eigenvalue weighted by atomic mass is 32.2. The lowest BCUT2D eigenvalue weighted by Crippen LogP contribution is -2.49. The lowest BCUT2D eigenvalue weighted by atomic mass is 9.89. The first-order chi connectivity index (χ1) is 17.3. The van der Waals surface area contributed by atoms with Crippen LogP contribution in [0.25, 0.3) is 0 Å². The van der Waals surface area contributed by atoms with Gasteiger partial charge in [-0.2, -0.15) is 13.2 Å². The van der Waals surface area contributed by atoms with E-state index < -0.39 is 41.3 Å². The second kappa shape index (κ2) is 10.4. The lowest BCUT2D eigenvalue weighted by Gasteiger charge is -2.42. The first kappa shape index (κ1) is 27.6. The Balaban J connectivity index is 1.85. The van der Waals surface area contributed by atoms with E-state index >= 15 is 0 Å². The van der Waals surface area contributed by atoms with Crippen molar-refractivity contribution in [2.75, 3.05) is 25.1 Å². The molecule has 1 fully saturated rings. The predicted molar refractivity (Wildman–Crippen MR) is 136 cm³/mol. The number of ether oxygens (including phenoxy) is 1. The van der Waals surface area contributed by atoms with E-state index in [4.69, 9.17) is 4.74 Å². The molecular weight excluding hydrogens is 508 g/mol. The van der Waals surface area contributed by atoms with Crippen molar-refractivity contribution in [1.29, 1.82) is 0 Å².